The summed E-state index contributed by atoms with van der Waals surface area (Å²) in [6, 6.07) is 7.39. The highest BCUT2D eigenvalue weighted by Gasteiger charge is 2.29. The van der Waals surface area contributed by atoms with Crippen LogP contribution in [0.25, 0.3) is 5.57 Å². The molecular formula is C21H18ClF2N3OS. The van der Waals surface area contributed by atoms with E-state index in [-0.39, 0.29) is 17.4 Å². The van der Waals surface area contributed by atoms with Gasteiger partial charge in [-0.2, -0.15) is 0 Å². The van der Waals surface area contributed by atoms with Gasteiger partial charge in [-0.3, -0.25) is 4.79 Å². The Morgan fingerprint density at radius 2 is 2.10 bits per heavy atom. The topological polar surface area (TPSA) is 53.2 Å². The molecule has 3 N–H and O–H groups in total. The standard InChI is InChI=1S/C21H18ClF2N3OS/c1-2-7-29-27-19-16(23)5-4-13(18(19)24)20(28)11-3-6-17-14(8-11)15-9-12(22)10-25-21(15)26-17/h3-6,8-10,21,25-27H,2,7H2,1H3. The van der Waals surface area contributed by atoms with Gasteiger partial charge in [-0.1, -0.05) is 30.5 Å². The van der Waals surface area contributed by atoms with Crippen molar-refractivity contribution in [3.8, 4) is 0 Å². The van der Waals surface area contributed by atoms with Crippen molar-refractivity contribution in [1.29, 1.82) is 0 Å². The lowest BCUT2D eigenvalue weighted by Crippen LogP contribution is -2.31. The lowest BCUT2D eigenvalue weighted by Gasteiger charge is -2.17. The van der Waals surface area contributed by atoms with Gasteiger partial charge in [0.15, 0.2) is 11.6 Å². The Hall–Kier alpha value is -2.51. The first kappa shape index (κ1) is 19.8. The van der Waals surface area contributed by atoms with E-state index in [2.05, 4.69) is 15.4 Å². The van der Waals surface area contributed by atoms with Crippen molar-refractivity contribution >= 4 is 46.3 Å². The summed E-state index contributed by atoms with van der Waals surface area (Å²) in [6.07, 6.45) is 4.24. The molecule has 2 aliphatic rings. The number of rotatable bonds is 6. The molecule has 1 unspecified atom stereocenters. The summed E-state index contributed by atoms with van der Waals surface area (Å²) < 4.78 is 31.6. The number of hydrogen-bond donors (Lipinski definition) is 3. The van der Waals surface area contributed by atoms with Crippen molar-refractivity contribution in [3.63, 3.8) is 0 Å². The molecule has 0 radical (unpaired) electrons. The van der Waals surface area contributed by atoms with E-state index in [4.69, 9.17) is 11.6 Å². The quantitative estimate of drug-likeness (QED) is 0.320. The molecule has 0 amide bonds. The monoisotopic (exact) mass is 433 g/mol. The van der Waals surface area contributed by atoms with Crippen molar-refractivity contribution in [2.24, 2.45) is 0 Å². The van der Waals surface area contributed by atoms with E-state index in [0.717, 1.165) is 29.3 Å². The molecule has 2 heterocycles. The summed E-state index contributed by atoms with van der Waals surface area (Å²) in [7, 11) is 0. The summed E-state index contributed by atoms with van der Waals surface area (Å²) in [5.74, 6) is -1.44. The molecule has 0 saturated carbocycles. The van der Waals surface area contributed by atoms with E-state index >= 15 is 0 Å². The fourth-order valence-corrected chi connectivity index (χ4v) is 4.11. The van der Waals surface area contributed by atoms with Crippen LogP contribution in [0.2, 0.25) is 0 Å². The van der Waals surface area contributed by atoms with Gasteiger partial charge in [0.25, 0.3) is 0 Å². The molecule has 8 heteroatoms. The number of hydrogen-bond acceptors (Lipinski definition) is 5. The van der Waals surface area contributed by atoms with Crippen molar-refractivity contribution in [2.75, 3.05) is 15.8 Å². The Balaban J connectivity index is 1.67. The molecule has 0 aromatic heterocycles. The van der Waals surface area contributed by atoms with Crippen LogP contribution in [0, 0.1) is 11.6 Å². The number of anilines is 2. The number of allylic oxidation sites excluding steroid dienone is 2. The molecule has 0 saturated heterocycles. The number of halogens is 3. The molecule has 0 spiro atoms. The summed E-state index contributed by atoms with van der Waals surface area (Å²) >= 11 is 7.28. The number of carbonyl (C=O) groups is 1. The highest BCUT2D eigenvalue weighted by molar-refractivity contribution is 8.00. The zero-order chi connectivity index (χ0) is 20.5. The first-order valence-electron chi connectivity index (χ1n) is 9.14. The third-order valence-corrected chi connectivity index (χ3v) is 5.88. The minimum absolute atomic E-state index is 0.133. The first-order valence-corrected chi connectivity index (χ1v) is 10.5. The smallest absolute Gasteiger partial charge is 0.196 e. The van der Waals surface area contributed by atoms with Crippen molar-refractivity contribution in [3.05, 3.63) is 76.0 Å². The third-order valence-electron chi connectivity index (χ3n) is 4.70. The van der Waals surface area contributed by atoms with Crippen LogP contribution in [-0.4, -0.2) is 17.7 Å². The van der Waals surface area contributed by atoms with Crippen molar-refractivity contribution < 1.29 is 13.6 Å². The molecule has 2 aliphatic heterocycles. The summed E-state index contributed by atoms with van der Waals surface area (Å²) in [4.78, 5) is 13.0. The van der Waals surface area contributed by atoms with Gasteiger partial charge in [0.2, 0.25) is 0 Å². The predicted octanol–water partition coefficient (Wildman–Crippen LogP) is 5.48. The maximum absolute atomic E-state index is 14.9. The highest BCUT2D eigenvalue weighted by Crippen LogP contribution is 2.38. The minimum atomic E-state index is -0.889. The fourth-order valence-electron chi connectivity index (χ4n) is 3.29. The van der Waals surface area contributed by atoms with E-state index < -0.39 is 17.4 Å². The lowest BCUT2D eigenvalue weighted by molar-refractivity contribution is 0.103. The van der Waals surface area contributed by atoms with Gasteiger partial charge in [-0.15, -0.1) is 0 Å². The normalized spacial score (nSPS) is 16.8. The Morgan fingerprint density at radius 1 is 1.28 bits per heavy atom. The maximum Gasteiger partial charge on any atom is 0.196 e. The van der Waals surface area contributed by atoms with E-state index in [1.54, 1.807) is 24.4 Å². The fraction of sp³-hybridized carbons (Fsp3) is 0.190. The second kappa shape index (κ2) is 8.08. The predicted molar refractivity (Wildman–Crippen MR) is 115 cm³/mol. The number of ketones is 1. The molecule has 150 valence electrons. The highest BCUT2D eigenvalue weighted by atomic mass is 35.5. The summed E-state index contributed by atoms with van der Waals surface area (Å²) in [5, 5.41) is 6.97. The molecule has 4 nitrogen and oxygen atoms in total. The number of carbonyl (C=O) groups excluding carboxylic acids is 1. The van der Waals surface area contributed by atoms with Crippen LogP contribution in [0.5, 0.6) is 0 Å². The SMILES string of the molecule is CCCSNc1c(F)ccc(C(=O)c2ccc3c(c2)C2=CC(Cl)=CNC2N3)c1F. The number of fused-ring (bicyclic) bond motifs is 3. The van der Waals surface area contributed by atoms with Crippen LogP contribution in [0.1, 0.15) is 34.8 Å². The number of benzene rings is 2. The largest absolute Gasteiger partial charge is 0.366 e. The summed E-state index contributed by atoms with van der Waals surface area (Å²) in [6.45, 7) is 1.97. The molecule has 0 fully saturated rings. The van der Waals surface area contributed by atoms with Gasteiger partial charge in [0.05, 0.1) is 10.6 Å². The number of dihydropyridines is 1. The van der Waals surface area contributed by atoms with Gasteiger partial charge in [-0.25, -0.2) is 8.78 Å². The van der Waals surface area contributed by atoms with E-state index in [9.17, 15) is 13.6 Å². The summed E-state index contributed by atoms with van der Waals surface area (Å²) in [5.41, 5.74) is 2.41. The van der Waals surface area contributed by atoms with Crippen molar-refractivity contribution in [1.82, 2.24) is 5.32 Å². The number of nitrogens with one attached hydrogen (secondary N) is 3. The Morgan fingerprint density at radius 3 is 2.90 bits per heavy atom. The van der Waals surface area contributed by atoms with Crippen LogP contribution in [0.15, 0.2) is 47.6 Å². The average Bonchev–Trinajstić information content (AvgIpc) is 3.07. The van der Waals surface area contributed by atoms with Gasteiger partial charge in [0.1, 0.15) is 17.7 Å². The van der Waals surface area contributed by atoms with Gasteiger partial charge in [-0.05, 0) is 42.8 Å². The lowest BCUT2D eigenvalue weighted by atomic mass is 9.97. The van der Waals surface area contributed by atoms with E-state index in [1.165, 1.54) is 18.0 Å². The molecule has 1 atom stereocenters. The zero-order valence-electron chi connectivity index (χ0n) is 15.5. The molecule has 0 bridgehead atoms. The van der Waals surface area contributed by atoms with Crippen LogP contribution < -0.4 is 15.4 Å². The van der Waals surface area contributed by atoms with Crippen LogP contribution in [0.3, 0.4) is 0 Å². The molecular weight excluding hydrogens is 416 g/mol. The van der Waals surface area contributed by atoms with E-state index in [0.29, 0.717) is 16.3 Å². The molecule has 29 heavy (non-hydrogen) atoms. The minimum Gasteiger partial charge on any atom is -0.366 e. The van der Waals surface area contributed by atoms with Gasteiger partial charge < -0.3 is 15.4 Å². The molecule has 0 aliphatic carbocycles. The van der Waals surface area contributed by atoms with Gasteiger partial charge >= 0.3 is 0 Å². The van der Waals surface area contributed by atoms with E-state index in [1.807, 2.05) is 13.0 Å². The van der Waals surface area contributed by atoms with Crippen LogP contribution >= 0.6 is 23.5 Å². The maximum atomic E-state index is 14.9. The Labute approximate surface area is 176 Å². The Bertz CT molecular complexity index is 1050. The van der Waals surface area contributed by atoms with Crippen LogP contribution in [0.4, 0.5) is 20.2 Å². The Kier molecular flexibility index (Phi) is 5.52. The zero-order valence-corrected chi connectivity index (χ0v) is 17.1. The average molecular weight is 434 g/mol. The molecule has 2 aromatic rings. The molecule has 2 aromatic carbocycles. The van der Waals surface area contributed by atoms with Crippen LogP contribution in [-0.2, 0) is 0 Å². The second-order valence-corrected chi connectivity index (χ2v) is 8.03. The molecule has 4 rings (SSSR count). The second-order valence-electron chi connectivity index (χ2n) is 6.70. The first-order chi connectivity index (χ1) is 14.0. The van der Waals surface area contributed by atoms with Crippen molar-refractivity contribution in [2.45, 2.75) is 19.5 Å². The van der Waals surface area contributed by atoms with Gasteiger partial charge in [0, 0.05) is 34.3 Å². The third kappa shape index (κ3) is 3.72.